The molecule has 1 unspecified atom stereocenters. The summed E-state index contributed by atoms with van der Waals surface area (Å²) in [5, 5.41) is 8.90. The van der Waals surface area contributed by atoms with Gasteiger partial charge in [0, 0.05) is 12.5 Å². The summed E-state index contributed by atoms with van der Waals surface area (Å²) in [7, 11) is 0. The van der Waals surface area contributed by atoms with Gasteiger partial charge in [0.1, 0.15) is 0 Å². The number of aliphatic hydroxyl groups excluding tert-OH is 1. The van der Waals surface area contributed by atoms with Crippen molar-refractivity contribution < 1.29 is 9.84 Å². The van der Waals surface area contributed by atoms with Crippen LogP contribution in [-0.2, 0) is 4.74 Å². The van der Waals surface area contributed by atoms with E-state index in [4.69, 9.17) is 21.4 Å². The number of alkyl halides is 1. The van der Waals surface area contributed by atoms with Gasteiger partial charge in [-0.15, -0.1) is 11.6 Å². The fourth-order valence-electron chi connectivity index (χ4n) is 0.527. The minimum atomic E-state index is -0.617. The Balaban J connectivity index is 2.95. The van der Waals surface area contributed by atoms with Crippen molar-refractivity contribution in [3.05, 3.63) is 0 Å². The van der Waals surface area contributed by atoms with Gasteiger partial charge in [0.05, 0.1) is 0 Å². The standard InChI is InChI=1S/C6H13ClO2/c1-2-9-6(8)4-3-5-7/h6,8H,2-5H2,1H3. The van der Waals surface area contributed by atoms with Crippen LogP contribution in [0.25, 0.3) is 0 Å². The second-order valence-corrected chi connectivity index (χ2v) is 2.12. The molecule has 56 valence electrons. The van der Waals surface area contributed by atoms with Crippen LogP contribution in [0.5, 0.6) is 0 Å². The van der Waals surface area contributed by atoms with Crippen molar-refractivity contribution in [1.29, 1.82) is 0 Å². The molecule has 0 aromatic carbocycles. The van der Waals surface area contributed by atoms with E-state index in [9.17, 15) is 0 Å². The average Bonchev–Trinajstić information content (AvgIpc) is 1.85. The minimum absolute atomic E-state index is 0.559. The van der Waals surface area contributed by atoms with Gasteiger partial charge in [-0.2, -0.15) is 0 Å². The quantitative estimate of drug-likeness (QED) is 0.476. The Morgan fingerprint density at radius 3 is 2.78 bits per heavy atom. The SMILES string of the molecule is CCOC(O)CCCCl. The van der Waals surface area contributed by atoms with E-state index in [1.54, 1.807) is 0 Å². The maximum Gasteiger partial charge on any atom is 0.154 e. The van der Waals surface area contributed by atoms with Crippen LogP contribution in [0.1, 0.15) is 19.8 Å². The third-order valence-electron chi connectivity index (χ3n) is 0.944. The lowest BCUT2D eigenvalue weighted by Gasteiger charge is -2.07. The molecule has 0 aliphatic rings. The second-order valence-electron chi connectivity index (χ2n) is 1.74. The molecule has 0 fully saturated rings. The van der Waals surface area contributed by atoms with Crippen LogP contribution in [0.3, 0.4) is 0 Å². The van der Waals surface area contributed by atoms with E-state index in [-0.39, 0.29) is 0 Å². The van der Waals surface area contributed by atoms with Crippen LogP contribution in [0.15, 0.2) is 0 Å². The number of halogens is 1. The van der Waals surface area contributed by atoms with Gasteiger partial charge >= 0.3 is 0 Å². The third-order valence-corrected chi connectivity index (χ3v) is 1.21. The van der Waals surface area contributed by atoms with Crippen LogP contribution in [0.2, 0.25) is 0 Å². The van der Waals surface area contributed by atoms with Crippen LogP contribution in [0.4, 0.5) is 0 Å². The van der Waals surface area contributed by atoms with Crippen LogP contribution in [-0.4, -0.2) is 23.9 Å². The largest absolute Gasteiger partial charge is 0.368 e. The molecule has 0 rings (SSSR count). The summed E-state index contributed by atoms with van der Waals surface area (Å²) < 4.78 is 4.84. The molecule has 0 saturated heterocycles. The van der Waals surface area contributed by atoms with E-state index in [1.165, 1.54) is 0 Å². The van der Waals surface area contributed by atoms with Gasteiger partial charge in [-0.25, -0.2) is 0 Å². The lowest BCUT2D eigenvalue weighted by atomic mass is 10.3. The molecule has 3 heteroatoms. The van der Waals surface area contributed by atoms with Gasteiger partial charge in [-0.05, 0) is 19.8 Å². The van der Waals surface area contributed by atoms with Crippen molar-refractivity contribution >= 4 is 11.6 Å². The first-order chi connectivity index (χ1) is 4.31. The highest BCUT2D eigenvalue weighted by Gasteiger charge is 1.99. The molecule has 9 heavy (non-hydrogen) atoms. The van der Waals surface area contributed by atoms with Gasteiger partial charge < -0.3 is 9.84 Å². The van der Waals surface area contributed by atoms with Gasteiger partial charge in [-0.1, -0.05) is 0 Å². The smallest absolute Gasteiger partial charge is 0.154 e. The minimum Gasteiger partial charge on any atom is -0.368 e. The summed E-state index contributed by atoms with van der Waals surface area (Å²) in [5.74, 6) is 0.587. The van der Waals surface area contributed by atoms with E-state index in [0.29, 0.717) is 18.9 Å². The molecule has 0 radical (unpaired) electrons. The fourth-order valence-corrected chi connectivity index (χ4v) is 0.682. The van der Waals surface area contributed by atoms with Crippen molar-refractivity contribution in [2.75, 3.05) is 12.5 Å². The van der Waals surface area contributed by atoms with E-state index < -0.39 is 6.29 Å². The Bertz CT molecular complexity index is 59.0. The summed E-state index contributed by atoms with van der Waals surface area (Å²) in [5.41, 5.74) is 0. The zero-order chi connectivity index (χ0) is 7.11. The highest BCUT2D eigenvalue weighted by atomic mass is 35.5. The Labute approximate surface area is 60.8 Å². The average molecular weight is 153 g/mol. The molecule has 0 aromatic heterocycles. The Morgan fingerprint density at radius 1 is 1.67 bits per heavy atom. The Kier molecular flexibility index (Phi) is 6.48. The summed E-state index contributed by atoms with van der Waals surface area (Å²) >= 11 is 5.38. The fraction of sp³-hybridized carbons (Fsp3) is 1.00. The molecule has 0 heterocycles. The highest BCUT2D eigenvalue weighted by molar-refractivity contribution is 6.17. The molecule has 0 amide bonds. The van der Waals surface area contributed by atoms with Crippen LogP contribution >= 0.6 is 11.6 Å². The second kappa shape index (κ2) is 6.33. The molecule has 0 aliphatic heterocycles. The molecule has 1 atom stereocenters. The molecule has 2 nitrogen and oxygen atoms in total. The normalized spacial score (nSPS) is 13.7. The van der Waals surface area contributed by atoms with Gasteiger partial charge in [-0.3, -0.25) is 0 Å². The van der Waals surface area contributed by atoms with Gasteiger partial charge in [0.15, 0.2) is 6.29 Å². The summed E-state index contributed by atoms with van der Waals surface area (Å²) in [6, 6.07) is 0. The highest BCUT2D eigenvalue weighted by Crippen LogP contribution is 1.99. The maximum absolute atomic E-state index is 8.90. The first kappa shape index (κ1) is 9.21. The lowest BCUT2D eigenvalue weighted by Crippen LogP contribution is -2.11. The lowest BCUT2D eigenvalue weighted by molar-refractivity contribution is -0.0984. The van der Waals surface area contributed by atoms with Gasteiger partial charge in [0.25, 0.3) is 0 Å². The molecule has 0 saturated carbocycles. The monoisotopic (exact) mass is 152 g/mol. The Hall–Kier alpha value is 0.210. The zero-order valence-corrected chi connectivity index (χ0v) is 6.40. The van der Waals surface area contributed by atoms with Crippen molar-refractivity contribution in [3.8, 4) is 0 Å². The van der Waals surface area contributed by atoms with Crippen LogP contribution in [0, 0.1) is 0 Å². The van der Waals surface area contributed by atoms with Crippen LogP contribution < -0.4 is 0 Å². The molecular formula is C6H13ClO2. The summed E-state index contributed by atoms with van der Waals surface area (Å²) in [6.45, 7) is 2.41. The van der Waals surface area contributed by atoms with E-state index in [1.807, 2.05) is 6.92 Å². The predicted octanol–water partition coefficient (Wildman–Crippen LogP) is 1.36. The van der Waals surface area contributed by atoms with Gasteiger partial charge in [0.2, 0.25) is 0 Å². The van der Waals surface area contributed by atoms with Crippen molar-refractivity contribution in [3.63, 3.8) is 0 Å². The predicted molar refractivity (Wildman–Crippen MR) is 37.6 cm³/mol. The first-order valence-electron chi connectivity index (χ1n) is 3.17. The van der Waals surface area contributed by atoms with Crippen molar-refractivity contribution in [2.24, 2.45) is 0 Å². The molecule has 0 aromatic rings. The number of hydrogen-bond donors (Lipinski definition) is 1. The Morgan fingerprint density at radius 2 is 2.33 bits per heavy atom. The summed E-state index contributed by atoms with van der Waals surface area (Å²) in [6.07, 6.45) is 0.828. The first-order valence-corrected chi connectivity index (χ1v) is 3.70. The number of aliphatic hydroxyl groups is 1. The number of hydrogen-bond acceptors (Lipinski definition) is 2. The van der Waals surface area contributed by atoms with E-state index >= 15 is 0 Å². The molecule has 1 N–H and O–H groups in total. The number of rotatable bonds is 5. The molecule has 0 bridgehead atoms. The zero-order valence-electron chi connectivity index (χ0n) is 5.64. The summed E-state index contributed by atoms with van der Waals surface area (Å²) in [4.78, 5) is 0. The molecule has 0 spiro atoms. The van der Waals surface area contributed by atoms with Crippen molar-refractivity contribution in [2.45, 2.75) is 26.1 Å². The number of ether oxygens (including phenoxy) is 1. The van der Waals surface area contributed by atoms with E-state index in [2.05, 4.69) is 0 Å². The van der Waals surface area contributed by atoms with Crippen molar-refractivity contribution in [1.82, 2.24) is 0 Å². The molecular weight excluding hydrogens is 140 g/mol. The topological polar surface area (TPSA) is 29.5 Å². The van der Waals surface area contributed by atoms with E-state index in [0.717, 1.165) is 6.42 Å². The third kappa shape index (κ3) is 6.09. The maximum atomic E-state index is 8.90. The molecule has 0 aliphatic carbocycles.